The lowest BCUT2D eigenvalue weighted by molar-refractivity contribution is -0.130. The molecule has 23 heavy (non-hydrogen) atoms. The van der Waals surface area contributed by atoms with E-state index in [2.05, 4.69) is 10.3 Å². The van der Waals surface area contributed by atoms with Crippen molar-refractivity contribution in [3.05, 3.63) is 36.0 Å². The number of likely N-dealkylation sites (tertiary alicyclic amines) is 1. The van der Waals surface area contributed by atoms with E-state index in [1.165, 1.54) is 0 Å². The SMILES string of the molecule is CCCC(=O)N1CC2OCc3c(-c4ccccc4)nnn3C2C1. The third-order valence-corrected chi connectivity index (χ3v) is 4.64. The standard InChI is InChI=1S/C17H20N4O2/c1-2-6-16(22)20-9-13-15(10-20)23-11-14-17(18-19-21(13)14)12-7-4-3-5-8-12/h3-5,7-8,13,15H,2,6,9-11H2,1H3. The average Bonchev–Trinajstić information content (AvgIpc) is 3.19. The van der Waals surface area contributed by atoms with Gasteiger partial charge in [-0.3, -0.25) is 4.79 Å². The van der Waals surface area contributed by atoms with Crippen molar-refractivity contribution in [2.24, 2.45) is 0 Å². The summed E-state index contributed by atoms with van der Waals surface area (Å²) in [7, 11) is 0. The minimum Gasteiger partial charge on any atom is -0.368 e. The highest BCUT2D eigenvalue weighted by Crippen LogP contribution is 2.34. The lowest BCUT2D eigenvalue weighted by Gasteiger charge is -2.26. The van der Waals surface area contributed by atoms with Gasteiger partial charge in [0.1, 0.15) is 5.69 Å². The highest BCUT2D eigenvalue weighted by Gasteiger charge is 2.42. The van der Waals surface area contributed by atoms with E-state index in [9.17, 15) is 4.79 Å². The van der Waals surface area contributed by atoms with E-state index >= 15 is 0 Å². The number of carbonyl (C=O) groups excluding carboxylic acids is 1. The number of carbonyl (C=O) groups is 1. The zero-order chi connectivity index (χ0) is 15.8. The van der Waals surface area contributed by atoms with Crippen LogP contribution in [0.2, 0.25) is 0 Å². The average molecular weight is 312 g/mol. The second kappa shape index (κ2) is 5.77. The Labute approximate surface area is 135 Å². The number of hydrogen-bond donors (Lipinski definition) is 0. The number of benzene rings is 1. The first kappa shape index (κ1) is 14.4. The lowest BCUT2D eigenvalue weighted by Crippen LogP contribution is -2.32. The van der Waals surface area contributed by atoms with Crippen LogP contribution >= 0.6 is 0 Å². The molecule has 120 valence electrons. The molecule has 1 aromatic heterocycles. The number of amides is 1. The van der Waals surface area contributed by atoms with E-state index in [0.29, 0.717) is 26.1 Å². The molecule has 2 aliphatic heterocycles. The first-order chi connectivity index (χ1) is 11.3. The summed E-state index contributed by atoms with van der Waals surface area (Å²) in [5, 5.41) is 8.73. The van der Waals surface area contributed by atoms with Crippen LogP contribution in [0.5, 0.6) is 0 Å². The molecule has 1 fully saturated rings. The van der Waals surface area contributed by atoms with Gasteiger partial charge in [-0.05, 0) is 6.42 Å². The summed E-state index contributed by atoms with van der Waals surface area (Å²) < 4.78 is 7.98. The molecule has 4 rings (SSSR count). The van der Waals surface area contributed by atoms with Crippen LogP contribution in [0, 0.1) is 0 Å². The Balaban J connectivity index is 1.62. The minimum atomic E-state index is 0.0219. The van der Waals surface area contributed by atoms with Crippen molar-refractivity contribution in [1.29, 1.82) is 0 Å². The van der Waals surface area contributed by atoms with Crippen molar-refractivity contribution in [2.75, 3.05) is 13.1 Å². The van der Waals surface area contributed by atoms with Crippen LogP contribution in [-0.2, 0) is 16.1 Å². The normalized spacial score (nSPS) is 22.7. The molecule has 0 saturated carbocycles. The van der Waals surface area contributed by atoms with Crippen molar-refractivity contribution in [3.8, 4) is 11.3 Å². The van der Waals surface area contributed by atoms with E-state index in [-0.39, 0.29) is 18.1 Å². The molecule has 1 amide bonds. The molecule has 6 heteroatoms. The summed E-state index contributed by atoms with van der Waals surface area (Å²) in [4.78, 5) is 14.1. The molecule has 0 aliphatic carbocycles. The summed E-state index contributed by atoms with van der Waals surface area (Å²) >= 11 is 0. The first-order valence-corrected chi connectivity index (χ1v) is 8.16. The smallest absolute Gasteiger partial charge is 0.222 e. The summed E-state index contributed by atoms with van der Waals surface area (Å²) in [5.41, 5.74) is 2.93. The number of aromatic nitrogens is 3. The van der Waals surface area contributed by atoms with E-state index in [4.69, 9.17) is 4.74 Å². The van der Waals surface area contributed by atoms with Crippen molar-refractivity contribution in [1.82, 2.24) is 19.9 Å². The third-order valence-electron chi connectivity index (χ3n) is 4.64. The second-order valence-electron chi connectivity index (χ2n) is 6.16. The Morgan fingerprint density at radius 1 is 1.30 bits per heavy atom. The van der Waals surface area contributed by atoms with E-state index in [1.54, 1.807) is 0 Å². The Kier molecular flexibility index (Phi) is 3.61. The molecule has 0 spiro atoms. The number of nitrogens with zero attached hydrogens (tertiary/aromatic N) is 4. The highest BCUT2D eigenvalue weighted by atomic mass is 16.5. The van der Waals surface area contributed by atoms with Crippen LogP contribution in [0.25, 0.3) is 11.3 Å². The molecule has 6 nitrogen and oxygen atoms in total. The van der Waals surface area contributed by atoms with Gasteiger partial charge >= 0.3 is 0 Å². The molecule has 2 atom stereocenters. The fourth-order valence-corrected chi connectivity index (χ4v) is 3.45. The van der Waals surface area contributed by atoms with Crippen molar-refractivity contribution < 1.29 is 9.53 Å². The van der Waals surface area contributed by atoms with Crippen LogP contribution < -0.4 is 0 Å². The van der Waals surface area contributed by atoms with Gasteiger partial charge in [0.2, 0.25) is 5.91 Å². The van der Waals surface area contributed by atoms with Crippen molar-refractivity contribution in [3.63, 3.8) is 0 Å². The molecule has 2 aliphatic rings. The molecule has 2 unspecified atom stereocenters. The molecule has 0 radical (unpaired) electrons. The van der Waals surface area contributed by atoms with E-state index < -0.39 is 0 Å². The molecular weight excluding hydrogens is 292 g/mol. The van der Waals surface area contributed by atoms with Crippen molar-refractivity contribution in [2.45, 2.75) is 38.5 Å². The molecule has 1 saturated heterocycles. The van der Waals surface area contributed by atoms with Crippen molar-refractivity contribution >= 4 is 5.91 Å². The number of ether oxygens (including phenoxy) is 1. The predicted octanol–water partition coefficient (Wildman–Crippen LogP) is 2.03. The Morgan fingerprint density at radius 3 is 2.91 bits per heavy atom. The van der Waals surface area contributed by atoms with E-state index in [1.807, 2.05) is 46.8 Å². The Hall–Kier alpha value is -2.21. The molecule has 3 heterocycles. The summed E-state index contributed by atoms with van der Waals surface area (Å²) in [5.74, 6) is 0.204. The Morgan fingerprint density at radius 2 is 2.13 bits per heavy atom. The predicted molar refractivity (Wildman–Crippen MR) is 84.6 cm³/mol. The number of fused-ring (bicyclic) bond motifs is 3. The number of hydrogen-bond acceptors (Lipinski definition) is 4. The molecule has 1 aromatic carbocycles. The summed E-state index contributed by atoms with van der Waals surface area (Å²) in [6.07, 6.45) is 1.49. The van der Waals surface area contributed by atoms with Gasteiger partial charge in [0.25, 0.3) is 0 Å². The molecule has 2 aromatic rings. The van der Waals surface area contributed by atoms with Gasteiger partial charge in [-0.1, -0.05) is 42.5 Å². The lowest BCUT2D eigenvalue weighted by atomic mass is 10.1. The van der Waals surface area contributed by atoms with Gasteiger partial charge in [0.05, 0.1) is 24.4 Å². The Bertz CT molecular complexity index is 713. The molecular formula is C17H20N4O2. The number of rotatable bonds is 3. The van der Waals surface area contributed by atoms with Crippen LogP contribution in [0.15, 0.2) is 30.3 Å². The largest absolute Gasteiger partial charge is 0.368 e. The monoisotopic (exact) mass is 312 g/mol. The zero-order valence-electron chi connectivity index (χ0n) is 13.2. The minimum absolute atomic E-state index is 0.0219. The molecule has 0 bridgehead atoms. The fraction of sp³-hybridized carbons (Fsp3) is 0.471. The van der Waals surface area contributed by atoms with Crippen LogP contribution in [0.4, 0.5) is 0 Å². The van der Waals surface area contributed by atoms with Crippen LogP contribution in [-0.4, -0.2) is 45.0 Å². The summed E-state index contributed by atoms with van der Waals surface area (Å²) in [6, 6.07) is 10.1. The van der Waals surface area contributed by atoms with Gasteiger partial charge in [0, 0.05) is 25.1 Å². The second-order valence-corrected chi connectivity index (χ2v) is 6.16. The first-order valence-electron chi connectivity index (χ1n) is 8.16. The maximum absolute atomic E-state index is 12.2. The van der Waals surface area contributed by atoms with Gasteiger partial charge in [-0.2, -0.15) is 0 Å². The summed E-state index contributed by atoms with van der Waals surface area (Å²) in [6.45, 7) is 3.84. The zero-order valence-corrected chi connectivity index (χ0v) is 13.2. The molecule has 0 N–H and O–H groups in total. The maximum Gasteiger partial charge on any atom is 0.222 e. The van der Waals surface area contributed by atoms with Gasteiger partial charge in [0.15, 0.2) is 0 Å². The van der Waals surface area contributed by atoms with Gasteiger partial charge in [-0.15, -0.1) is 5.10 Å². The topological polar surface area (TPSA) is 60.3 Å². The van der Waals surface area contributed by atoms with E-state index in [0.717, 1.165) is 23.4 Å². The fourth-order valence-electron chi connectivity index (χ4n) is 3.45. The van der Waals surface area contributed by atoms with Gasteiger partial charge in [-0.25, -0.2) is 4.68 Å². The van der Waals surface area contributed by atoms with Crippen LogP contribution in [0.3, 0.4) is 0 Å². The van der Waals surface area contributed by atoms with Gasteiger partial charge < -0.3 is 9.64 Å². The quantitative estimate of drug-likeness (QED) is 0.870. The highest BCUT2D eigenvalue weighted by molar-refractivity contribution is 5.76. The van der Waals surface area contributed by atoms with Crippen LogP contribution in [0.1, 0.15) is 31.5 Å². The maximum atomic E-state index is 12.2. The third kappa shape index (κ3) is 2.43.